The van der Waals surface area contributed by atoms with Gasteiger partial charge in [0.1, 0.15) is 5.75 Å². The van der Waals surface area contributed by atoms with Crippen molar-refractivity contribution in [3.63, 3.8) is 0 Å². The maximum absolute atomic E-state index is 13.5. The molecule has 7 nitrogen and oxygen atoms in total. The Hall–Kier alpha value is -2.55. The summed E-state index contributed by atoms with van der Waals surface area (Å²) in [4.78, 5) is 15.8. The van der Waals surface area contributed by atoms with E-state index in [9.17, 15) is 18.3 Å². The number of hydrogen-bond acceptors (Lipinski definition) is 6. The number of carbonyl (C=O) groups excluding carboxylic acids is 1. The second-order valence-electron chi connectivity index (χ2n) is 13.2. The second kappa shape index (κ2) is 12.1. The zero-order chi connectivity index (χ0) is 30.4. The van der Waals surface area contributed by atoms with Gasteiger partial charge in [0.2, 0.25) is 10.0 Å². The van der Waals surface area contributed by atoms with Crippen LogP contribution in [0.5, 0.6) is 5.75 Å². The van der Waals surface area contributed by atoms with Gasteiger partial charge in [-0.2, -0.15) is 0 Å². The maximum Gasteiger partial charge on any atom is 0.264 e. The minimum Gasteiger partial charge on any atom is -0.490 e. The summed E-state index contributed by atoms with van der Waals surface area (Å²) in [6.45, 7) is 5.77. The Bertz CT molecular complexity index is 1510. The minimum atomic E-state index is -3.93. The molecule has 0 saturated heterocycles. The first-order chi connectivity index (χ1) is 20.6. The van der Waals surface area contributed by atoms with Gasteiger partial charge in [-0.3, -0.25) is 4.79 Å². The molecule has 0 aromatic heterocycles. The predicted molar refractivity (Wildman–Crippen MR) is 170 cm³/mol. The lowest BCUT2D eigenvalue weighted by atomic mass is 9.68. The summed E-state index contributed by atoms with van der Waals surface area (Å²) in [5.74, 6) is 0.271. The Kier molecular flexibility index (Phi) is 8.57. The molecule has 4 aliphatic rings. The van der Waals surface area contributed by atoms with Crippen LogP contribution < -0.4 is 14.4 Å². The number of aryl methyl sites for hydroxylation is 1. The number of allylic oxidation sites excluding steroid dienone is 1. The average Bonchev–Trinajstić information content (AvgIpc) is 3.10. The van der Waals surface area contributed by atoms with E-state index >= 15 is 0 Å². The molecule has 0 radical (unpaired) electrons. The quantitative estimate of drug-likeness (QED) is 0.396. The molecular formula is C34H43ClN2O5S. The monoisotopic (exact) mass is 626 g/mol. The van der Waals surface area contributed by atoms with Gasteiger partial charge in [-0.05, 0) is 104 Å². The van der Waals surface area contributed by atoms with Gasteiger partial charge in [-0.25, -0.2) is 13.1 Å². The maximum atomic E-state index is 13.5. The molecular weight excluding hydrogens is 584 g/mol. The Morgan fingerprint density at radius 2 is 2.02 bits per heavy atom. The number of hydrogen-bond donors (Lipinski definition) is 2. The molecule has 2 aliphatic carbocycles. The van der Waals surface area contributed by atoms with Crippen molar-refractivity contribution in [2.45, 2.75) is 82.0 Å². The first kappa shape index (κ1) is 30.5. The van der Waals surface area contributed by atoms with Gasteiger partial charge >= 0.3 is 0 Å². The molecule has 6 rings (SSSR count). The number of aliphatic hydroxyl groups excluding tert-OH is 1. The summed E-state index contributed by atoms with van der Waals surface area (Å²) in [6.07, 6.45) is 9.79. The van der Waals surface area contributed by atoms with Crippen LogP contribution in [-0.2, 0) is 21.9 Å². The van der Waals surface area contributed by atoms with Crippen LogP contribution in [0.2, 0.25) is 5.02 Å². The molecule has 232 valence electrons. The number of nitrogens with zero attached hydrogens (tertiary/aromatic N) is 1. The van der Waals surface area contributed by atoms with Gasteiger partial charge in [0.15, 0.2) is 0 Å². The number of fused-ring (bicyclic) bond motifs is 4. The number of carbonyl (C=O) groups is 1. The highest BCUT2D eigenvalue weighted by molar-refractivity contribution is 7.90. The SMILES string of the molecule is CCC[C@H]1[C@@H](C)C/C=C/[C@H](O)[C@@H]2CC[C@H]2CN2C[C@@]3(CCCc4cc(Cl)ccc43)COc3ccc(cc32)C(=O)NS1(=O)=O. The number of rotatable bonds is 2. The van der Waals surface area contributed by atoms with Crippen molar-refractivity contribution < 1.29 is 23.1 Å². The third-order valence-electron chi connectivity index (χ3n) is 10.4. The van der Waals surface area contributed by atoms with E-state index in [0.717, 1.165) is 49.4 Å². The largest absolute Gasteiger partial charge is 0.490 e. The molecule has 1 fully saturated rings. The Morgan fingerprint density at radius 3 is 2.79 bits per heavy atom. The van der Waals surface area contributed by atoms with Crippen LogP contribution in [0, 0.1) is 17.8 Å². The van der Waals surface area contributed by atoms with Crippen LogP contribution in [0.1, 0.15) is 80.3 Å². The first-order valence-corrected chi connectivity index (χ1v) is 17.7. The highest BCUT2D eigenvalue weighted by Crippen LogP contribution is 2.46. The average molecular weight is 627 g/mol. The summed E-state index contributed by atoms with van der Waals surface area (Å²) in [7, 11) is -3.93. The highest BCUT2D eigenvalue weighted by atomic mass is 35.5. The number of benzene rings is 2. The van der Waals surface area contributed by atoms with Crippen LogP contribution in [0.3, 0.4) is 0 Å². The number of anilines is 1. The zero-order valence-electron chi connectivity index (χ0n) is 25.1. The number of halogens is 1. The van der Waals surface area contributed by atoms with Gasteiger partial charge in [-0.1, -0.05) is 50.1 Å². The molecule has 2 aliphatic heterocycles. The fraction of sp³-hybridized carbons (Fsp3) is 0.559. The van der Waals surface area contributed by atoms with E-state index in [1.165, 1.54) is 11.1 Å². The number of nitrogens with one attached hydrogen (secondary N) is 1. The van der Waals surface area contributed by atoms with Crippen LogP contribution in [0.15, 0.2) is 48.6 Å². The van der Waals surface area contributed by atoms with Crippen molar-refractivity contribution in [3.8, 4) is 5.75 Å². The third-order valence-corrected chi connectivity index (χ3v) is 12.6. The molecule has 2 heterocycles. The van der Waals surface area contributed by atoms with Crippen molar-refractivity contribution in [1.82, 2.24) is 4.72 Å². The normalized spacial score (nSPS) is 32.8. The molecule has 2 aromatic carbocycles. The van der Waals surface area contributed by atoms with E-state index in [-0.39, 0.29) is 23.2 Å². The zero-order valence-corrected chi connectivity index (χ0v) is 26.7. The van der Waals surface area contributed by atoms with Crippen LogP contribution >= 0.6 is 11.6 Å². The number of sulfonamides is 1. The fourth-order valence-electron chi connectivity index (χ4n) is 7.83. The Labute approximate surface area is 260 Å². The van der Waals surface area contributed by atoms with Crippen molar-refractivity contribution in [1.29, 1.82) is 0 Å². The van der Waals surface area contributed by atoms with Crippen molar-refractivity contribution in [3.05, 3.63) is 70.3 Å². The molecule has 1 amide bonds. The van der Waals surface area contributed by atoms with Gasteiger partial charge in [0, 0.05) is 29.1 Å². The van der Waals surface area contributed by atoms with Gasteiger partial charge in [-0.15, -0.1) is 0 Å². The van der Waals surface area contributed by atoms with Crippen molar-refractivity contribution in [2.24, 2.45) is 17.8 Å². The van der Waals surface area contributed by atoms with Crippen LogP contribution in [0.25, 0.3) is 0 Å². The lowest BCUT2D eigenvalue weighted by Gasteiger charge is -2.45. The number of aliphatic hydroxyl groups is 1. The van der Waals surface area contributed by atoms with E-state index in [2.05, 4.69) is 21.8 Å². The Balaban J connectivity index is 1.42. The summed E-state index contributed by atoms with van der Waals surface area (Å²) in [5, 5.41) is 11.2. The summed E-state index contributed by atoms with van der Waals surface area (Å²) < 4.78 is 36.0. The molecule has 2 N–H and O–H groups in total. The van der Waals surface area contributed by atoms with E-state index < -0.39 is 27.3 Å². The smallest absolute Gasteiger partial charge is 0.264 e. The van der Waals surface area contributed by atoms with E-state index in [0.29, 0.717) is 43.7 Å². The molecule has 2 aromatic rings. The molecule has 9 heteroatoms. The summed E-state index contributed by atoms with van der Waals surface area (Å²) >= 11 is 6.39. The second-order valence-corrected chi connectivity index (χ2v) is 15.6. The standard InChI is InChI=1S/C34H43ClN2O5S/c1-3-6-32-22(2)7-4-9-30(38)27-13-10-25(27)19-37-20-34(16-5-8-23-17-26(35)12-14-28(23)34)21-42-31-15-11-24(18-29(31)37)33(39)36-43(32,40)41/h4,9,11-12,14-15,17-18,22,25,27,30,32,38H,3,5-8,10,13,16,19-21H2,1-2H3,(H,36,39)/b9-4+/t22-,25-,27+,30-,32-,34-/m0/s1. The predicted octanol–water partition coefficient (Wildman–Crippen LogP) is 6.02. The van der Waals surface area contributed by atoms with Gasteiger partial charge in [0.05, 0.1) is 23.6 Å². The van der Waals surface area contributed by atoms with E-state index in [4.69, 9.17) is 16.3 Å². The fourth-order valence-corrected chi connectivity index (χ4v) is 9.82. The summed E-state index contributed by atoms with van der Waals surface area (Å²) in [6, 6.07) is 11.4. The van der Waals surface area contributed by atoms with Crippen LogP contribution in [0.4, 0.5) is 5.69 Å². The Morgan fingerprint density at radius 1 is 1.19 bits per heavy atom. The van der Waals surface area contributed by atoms with Crippen molar-refractivity contribution in [2.75, 3.05) is 24.6 Å². The molecule has 6 atom stereocenters. The lowest BCUT2D eigenvalue weighted by Crippen LogP contribution is -2.49. The lowest BCUT2D eigenvalue weighted by molar-refractivity contribution is 0.0455. The van der Waals surface area contributed by atoms with Gasteiger partial charge in [0.25, 0.3) is 5.91 Å². The molecule has 0 unspecified atom stereocenters. The number of ether oxygens (including phenoxy) is 1. The number of amides is 1. The van der Waals surface area contributed by atoms with Gasteiger partial charge < -0.3 is 14.7 Å². The molecule has 1 spiro atoms. The molecule has 1 saturated carbocycles. The minimum absolute atomic E-state index is 0.127. The van der Waals surface area contributed by atoms with Crippen molar-refractivity contribution >= 4 is 33.2 Å². The van der Waals surface area contributed by atoms with Crippen LogP contribution in [-0.4, -0.2) is 50.5 Å². The summed E-state index contributed by atoms with van der Waals surface area (Å²) in [5.41, 5.74) is 3.35. The molecule has 43 heavy (non-hydrogen) atoms. The third kappa shape index (κ3) is 5.95. The topological polar surface area (TPSA) is 95.9 Å². The molecule has 2 bridgehead atoms. The first-order valence-electron chi connectivity index (χ1n) is 15.8. The highest BCUT2D eigenvalue weighted by Gasteiger charge is 2.44. The van der Waals surface area contributed by atoms with E-state index in [1.54, 1.807) is 18.2 Å². The van der Waals surface area contributed by atoms with E-state index in [1.807, 2.05) is 32.1 Å².